The molecule has 0 saturated heterocycles. The molecule has 0 radical (unpaired) electrons. The minimum atomic E-state index is -0.302. The molecule has 1 aromatic carbocycles. The minimum Gasteiger partial charge on any atom is -0.482 e. The van der Waals surface area contributed by atoms with Crippen LogP contribution in [0.5, 0.6) is 5.75 Å². The van der Waals surface area contributed by atoms with Crippen LogP contribution in [-0.4, -0.2) is 5.11 Å². The fourth-order valence-corrected chi connectivity index (χ4v) is 1.89. The van der Waals surface area contributed by atoms with Crippen molar-refractivity contribution in [3.8, 4) is 5.75 Å². The summed E-state index contributed by atoms with van der Waals surface area (Å²) in [6.07, 6.45) is 1.23. The van der Waals surface area contributed by atoms with Crippen molar-refractivity contribution in [1.82, 2.24) is 0 Å². The van der Waals surface area contributed by atoms with E-state index in [0.29, 0.717) is 6.61 Å². The van der Waals surface area contributed by atoms with Gasteiger partial charge in [0.05, 0.1) is 0 Å². The van der Waals surface area contributed by atoms with Crippen LogP contribution >= 0.6 is 0 Å². The van der Waals surface area contributed by atoms with Gasteiger partial charge in [0.2, 0.25) is 11.2 Å². The third-order valence-corrected chi connectivity index (χ3v) is 3.22. The molecular formula is C17H20O4. The van der Waals surface area contributed by atoms with Gasteiger partial charge in [-0.3, -0.25) is 4.79 Å². The number of aliphatic hydroxyl groups is 1. The Morgan fingerprint density at radius 1 is 1.19 bits per heavy atom. The second kappa shape index (κ2) is 6.14. The third kappa shape index (κ3) is 3.95. The Kier molecular flexibility index (Phi) is 4.48. The van der Waals surface area contributed by atoms with Crippen molar-refractivity contribution in [3.63, 3.8) is 0 Å². The summed E-state index contributed by atoms with van der Waals surface area (Å²) >= 11 is 0. The Bertz CT molecular complexity index is 648. The standard InChI is InChI=1S/C17H20O4/c1-17(2,3)13-6-4-12(5-7-13)10-21-16-11-20-14(9-18)8-15(16)19/h4-8,11,18H,9-10H2,1-3H3. The van der Waals surface area contributed by atoms with E-state index in [1.165, 1.54) is 17.9 Å². The summed E-state index contributed by atoms with van der Waals surface area (Å²) in [5.41, 5.74) is 2.05. The van der Waals surface area contributed by atoms with Crippen molar-refractivity contribution >= 4 is 0 Å². The molecule has 0 bridgehead atoms. The maximum Gasteiger partial charge on any atom is 0.227 e. The number of benzene rings is 1. The number of ether oxygens (including phenoxy) is 1. The van der Waals surface area contributed by atoms with Crippen LogP contribution in [0.4, 0.5) is 0 Å². The van der Waals surface area contributed by atoms with Gasteiger partial charge in [0.1, 0.15) is 25.2 Å². The van der Waals surface area contributed by atoms with E-state index < -0.39 is 0 Å². The lowest BCUT2D eigenvalue weighted by atomic mass is 9.87. The molecule has 0 saturated carbocycles. The van der Waals surface area contributed by atoms with Gasteiger partial charge in [0.15, 0.2) is 0 Å². The molecule has 0 aliphatic rings. The van der Waals surface area contributed by atoms with Gasteiger partial charge in [0.25, 0.3) is 0 Å². The van der Waals surface area contributed by atoms with Gasteiger partial charge in [0, 0.05) is 6.07 Å². The molecule has 0 atom stereocenters. The van der Waals surface area contributed by atoms with Crippen LogP contribution in [0.1, 0.15) is 37.7 Å². The first kappa shape index (κ1) is 15.3. The van der Waals surface area contributed by atoms with E-state index in [1.54, 1.807) is 0 Å². The van der Waals surface area contributed by atoms with Crippen LogP contribution in [0, 0.1) is 0 Å². The summed E-state index contributed by atoms with van der Waals surface area (Å²) in [4.78, 5) is 11.7. The highest BCUT2D eigenvalue weighted by atomic mass is 16.5. The fraction of sp³-hybridized carbons (Fsp3) is 0.353. The lowest BCUT2D eigenvalue weighted by molar-refractivity contribution is 0.236. The first-order valence-corrected chi connectivity index (χ1v) is 6.85. The van der Waals surface area contributed by atoms with E-state index in [2.05, 4.69) is 32.9 Å². The smallest absolute Gasteiger partial charge is 0.227 e. The van der Waals surface area contributed by atoms with E-state index in [-0.39, 0.29) is 29.0 Å². The van der Waals surface area contributed by atoms with E-state index in [1.807, 2.05) is 12.1 Å². The van der Waals surface area contributed by atoms with Crippen molar-refractivity contribution in [3.05, 3.63) is 63.7 Å². The molecule has 112 valence electrons. The normalized spacial score (nSPS) is 11.4. The van der Waals surface area contributed by atoms with Gasteiger partial charge < -0.3 is 14.3 Å². The molecule has 4 nitrogen and oxygen atoms in total. The van der Waals surface area contributed by atoms with Crippen LogP contribution in [-0.2, 0) is 18.6 Å². The summed E-state index contributed by atoms with van der Waals surface area (Å²) < 4.78 is 10.5. The summed E-state index contributed by atoms with van der Waals surface area (Å²) in [5.74, 6) is 0.369. The number of rotatable bonds is 4. The molecule has 1 aromatic heterocycles. The summed E-state index contributed by atoms with van der Waals surface area (Å²) in [5, 5.41) is 8.88. The Morgan fingerprint density at radius 3 is 2.38 bits per heavy atom. The summed E-state index contributed by atoms with van der Waals surface area (Å²) in [6, 6.07) is 9.35. The molecule has 0 unspecified atom stereocenters. The van der Waals surface area contributed by atoms with Crippen molar-refractivity contribution in [2.75, 3.05) is 0 Å². The predicted octanol–water partition coefficient (Wildman–Crippen LogP) is 3.01. The van der Waals surface area contributed by atoms with Gasteiger partial charge in [-0.1, -0.05) is 45.0 Å². The Labute approximate surface area is 124 Å². The van der Waals surface area contributed by atoms with Gasteiger partial charge in [-0.15, -0.1) is 0 Å². The number of hydrogen-bond donors (Lipinski definition) is 1. The molecule has 0 aliphatic heterocycles. The lowest BCUT2D eigenvalue weighted by Crippen LogP contribution is -2.11. The topological polar surface area (TPSA) is 59.7 Å². The first-order chi connectivity index (χ1) is 9.90. The third-order valence-electron chi connectivity index (χ3n) is 3.22. The largest absolute Gasteiger partial charge is 0.482 e. The maximum atomic E-state index is 11.7. The van der Waals surface area contributed by atoms with Crippen molar-refractivity contribution in [2.45, 2.75) is 39.4 Å². The highest BCUT2D eigenvalue weighted by Gasteiger charge is 2.13. The zero-order valence-corrected chi connectivity index (χ0v) is 12.6. The van der Waals surface area contributed by atoms with Gasteiger partial charge in [-0.2, -0.15) is 0 Å². The van der Waals surface area contributed by atoms with Crippen molar-refractivity contribution in [2.24, 2.45) is 0 Å². The van der Waals surface area contributed by atoms with Crippen LogP contribution < -0.4 is 10.2 Å². The molecule has 0 spiro atoms. The molecule has 0 amide bonds. The number of hydrogen-bond acceptors (Lipinski definition) is 4. The minimum absolute atomic E-state index is 0.112. The van der Waals surface area contributed by atoms with Gasteiger partial charge in [-0.05, 0) is 16.5 Å². The van der Waals surface area contributed by atoms with E-state index in [0.717, 1.165) is 5.56 Å². The lowest BCUT2D eigenvalue weighted by Gasteiger charge is -2.19. The van der Waals surface area contributed by atoms with Crippen LogP contribution in [0.15, 0.2) is 45.8 Å². The van der Waals surface area contributed by atoms with Crippen LogP contribution in [0.25, 0.3) is 0 Å². The average molecular weight is 288 g/mol. The summed E-state index contributed by atoms with van der Waals surface area (Å²) in [7, 11) is 0. The van der Waals surface area contributed by atoms with Crippen LogP contribution in [0.2, 0.25) is 0 Å². The SMILES string of the molecule is CC(C)(C)c1ccc(COc2coc(CO)cc2=O)cc1. The molecule has 0 aliphatic carbocycles. The zero-order valence-electron chi connectivity index (χ0n) is 12.6. The average Bonchev–Trinajstić information content (AvgIpc) is 2.45. The second-order valence-electron chi connectivity index (χ2n) is 5.97. The van der Waals surface area contributed by atoms with Crippen molar-refractivity contribution in [1.29, 1.82) is 0 Å². The van der Waals surface area contributed by atoms with Gasteiger partial charge >= 0.3 is 0 Å². The molecule has 4 heteroatoms. The highest BCUT2D eigenvalue weighted by molar-refractivity contribution is 5.27. The first-order valence-electron chi connectivity index (χ1n) is 6.85. The zero-order chi connectivity index (χ0) is 15.5. The predicted molar refractivity (Wildman–Crippen MR) is 80.4 cm³/mol. The van der Waals surface area contributed by atoms with Crippen molar-refractivity contribution < 1.29 is 14.3 Å². The Hall–Kier alpha value is -2.07. The highest BCUT2D eigenvalue weighted by Crippen LogP contribution is 2.22. The van der Waals surface area contributed by atoms with E-state index in [9.17, 15) is 4.79 Å². The molecule has 21 heavy (non-hydrogen) atoms. The molecule has 2 aromatic rings. The van der Waals surface area contributed by atoms with E-state index >= 15 is 0 Å². The molecular weight excluding hydrogens is 268 g/mol. The Balaban J connectivity index is 2.05. The molecule has 1 heterocycles. The quantitative estimate of drug-likeness (QED) is 0.939. The van der Waals surface area contributed by atoms with Crippen LogP contribution in [0.3, 0.4) is 0 Å². The summed E-state index contributed by atoms with van der Waals surface area (Å²) in [6.45, 7) is 6.47. The molecule has 1 N–H and O–H groups in total. The maximum absolute atomic E-state index is 11.7. The monoisotopic (exact) mass is 288 g/mol. The molecule has 2 rings (SSSR count). The van der Waals surface area contributed by atoms with E-state index in [4.69, 9.17) is 14.3 Å². The number of aliphatic hydroxyl groups excluding tert-OH is 1. The molecule has 0 fully saturated rings. The Morgan fingerprint density at radius 2 is 1.86 bits per heavy atom. The fourth-order valence-electron chi connectivity index (χ4n) is 1.89. The second-order valence-corrected chi connectivity index (χ2v) is 5.97. The van der Waals surface area contributed by atoms with Gasteiger partial charge in [-0.25, -0.2) is 0 Å².